The fourth-order valence-corrected chi connectivity index (χ4v) is 6.43. The van der Waals surface area contributed by atoms with Crippen molar-refractivity contribution in [1.82, 2.24) is 9.97 Å². The lowest BCUT2D eigenvalue weighted by molar-refractivity contribution is -0.137. The average Bonchev–Trinajstić information content (AvgIpc) is 3.14. The first-order chi connectivity index (χ1) is 25.2. The number of hydrogen-bond acceptors (Lipinski definition) is 6. The minimum Gasteiger partial charge on any atom is -0.481 e. The van der Waals surface area contributed by atoms with Crippen molar-refractivity contribution in [1.29, 1.82) is 0 Å². The number of aryl methyl sites for hydroxylation is 2. The van der Waals surface area contributed by atoms with Crippen LogP contribution >= 0.6 is 0 Å². The molecule has 6 N–H and O–H groups in total. The Bertz CT molecular complexity index is 2420. The average molecular weight is 703 g/mol. The van der Waals surface area contributed by atoms with Gasteiger partial charge in [-0.25, -0.2) is 9.97 Å². The van der Waals surface area contributed by atoms with Gasteiger partial charge in [0.2, 0.25) is 0 Å². The molecular formula is C44H38N4O5. The Hall–Kier alpha value is -6.84. The van der Waals surface area contributed by atoms with E-state index in [-0.39, 0.29) is 18.3 Å². The van der Waals surface area contributed by atoms with Crippen LogP contribution in [0.5, 0.6) is 0 Å². The summed E-state index contributed by atoms with van der Waals surface area (Å²) in [5, 5.41) is 29.1. The molecule has 0 amide bonds. The summed E-state index contributed by atoms with van der Waals surface area (Å²) in [5.41, 5.74) is 11.5. The van der Waals surface area contributed by atoms with Crippen molar-refractivity contribution < 1.29 is 25.3 Å². The molecule has 0 aliphatic carbocycles. The molecule has 0 spiro atoms. The Morgan fingerprint density at radius 2 is 0.849 bits per heavy atom. The second-order valence-electron chi connectivity index (χ2n) is 12.7. The Balaban J connectivity index is 0.000000178. The van der Waals surface area contributed by atoms with Crippen LogP contribution in [0.4, 0.5) is 22.7 Å². The monoisotopic (exact) mass is 702 g/mol. The maximum atomic E-state index is 10.8. The number of nitrogens with one attached hydrogen (secondary N) is 2. The third-order valence-electron chi connectivity index (χ3n) is 8.98. The molecule has 0 bridgehead atoms. The number of aromatic nitrogens is 2. The zero-order valence-electron chi connectivity index (χ0n) is 29.2. The molecule has 0 radical (unpaired) electrons. The summed E-state index contributed by atoms with van der Waals surface area (Å²) < 4.78 is 0. The molecule has 0 fully saturated rings. The molecule has 264 valence electrons. The largest absolute Gasteiger partial charge is 0.481 e. The van der Waals surface area contributed by atoms with Crippen LogP contribution in [-0.4, -0.2) is 37.6 Å². The third kappa shape index (κ3) is 7.90. The summed E-state index contributed by atoms with van der Waals surface area (Å²) in [5.74, 6) is -1.65. The van der Waals surface area contributed by atoms with Crippen molar-refractivity contribution in [2.45, 2.75) is 26.7 Å². The van der Waals surface area contributed by atoms with E-state index in [4.69, 9.17) is 20.2 Å². The lowest BCUT2D eigenvalue weighted by Crippen LogP contribution is -2.00. The quantitative estimate of drug-likeness (QED) is 0.114. The molecule has 2 heterocycles. The summed E-state index contributed by atoms with van der Waals surface area (Å²) >= 11 is 0. The van der Waals surface area contributed by atoms with Crippen molar-refractivity contribution in [3.05, 3.63) is 156 Å². The SMILES string of the molecule is Cc1cccc2c(Nc3ccc(CC(=O)O)cc3)c3ccccc3nc12.Cc1cccc2c(Nc3ccc(CC(=O)O)cc3)c3ccccc3nc12.O. The summed E-state index contributed by atoms with van der Waals surface area (Å²) in [6, 6.07) is 43.5. The van der Waals surface area contributed by atoms with Crippen LogP contribution in [0.2, 0.25) is 0 Å². The second kappa shape index (κ2) is 15.6. The summed E-state index contributed by atoms with van der Waals surface area (Å²) in [6.07, 6.45) is 0.0567. The third-order valence-corrected chi connectivity index (χ3v) is 8.98. The summed E-state index contributed by atoms with van der Waals surface area (Å²) in [7, 11) is 0. The smallest absolute Gasteiger partial charge is 0.307 e. The van der Waals surface area contributed by atoms with Gasteiger partial charge in [-0.3, -0.25) is 9.59 Å². The number of hydrogen-bond donors (Lipinski definition) is 4. The van der Waals surface area contributed by atoms with E-state index in [1.165, 1.54) is 0 Å². The van der Waals surface area contributed by atoms with Crippen LogP contribution in [0.25, 0.3) is 43.6 Å². The lowest BCUT2D eigenvalue weighted by atomic mass is 10.0. The van der Waals surface area contributed by atoms with Gasteiger partial charge >= 0.3 is 11.9 Å². The van der Waals surface area contributed by atoms with Crippen molar-refractivity contribution in [2.75, 3.05) is 10.6 Å². The maximum Gasteiger partial charge on any atom is 0.307 e. The van der Waals surface area contributed by atoms with E-state index in [9.17, 15) is 9.59 Å². The number of aliphatic carboxylic acids is 2. The highest BCUT2D eigenvalue weighted by Gasteiger charge is 2.13. The lowest BCUT2D eigenvalue weighted by Gasteiger charge is -2.14. The standard InChI is InChI=1S/2C22H18N2O2.H2O/c2*1-14-5-4-7-18-21(14)24-19-8-3-2-6-17(19)22(18)23-16-11-9-15(10-12-16)13-20(25)26;/h2*2-12H,13H2,1H3,(H,23,24)(H,25,26);1H2. The van der Waals surface area contributed by atoms with E-state index in [2.05, 4.69) is 60.9 Å². The van der Waals surface area contributed by atoms with Gasteiger partial charge in [0.1, 0.15) is 0 Å². The molecule has 6 aromatic carbocycles. The molecule has 9 heteroatoms. The van der Waals surface area contributed by atoms with E-state index in [1.54, 1.807) is 0 Å². The Kier molecular flexibility index (Phi) is 10.6. The van der Waals surface area contributed by atoms with Gasteiger partial charge in [-0.05, 0) is 72.5 Å². The number of fused-ring (bicyclic) bond motifs is 4. The highest BCUT2D eigenvalue weighted by atomic mass is 16.4. The van der Waals surface area contributed by atoms with E-state index in [0.717, 1.165) is 88.6 Å². The number of para-hydroxylation sites is 4. The highest BCUT2D eigenvalue weighted by molar-refractivity contribution is 6.10. The maximum absolute atomic E-state index is 10.8. The van der Waals surface area contributed by atoms with Gasteiger partial charge in [0.05, 0.1) is 46.3 Å². The van der Waals surface area contributed by atoms with E-state index < -0.39 is 11.9 Å². The highest BCUT2D eigenvalue weighted by Crippen LogP contribution is 2.35. The number of benzene rings is 6. The molecule has 9 nitrogen and oxygen atoms in total. The van der Waals surface area contributed by atoms with Gasteiger partial charge in [0.25, 0.3) is 0 Å². The van der Waals surface area contributed by atoms with Gasteiger partial charge in [0.15, 0.2) is 0 Å². The predicted octanol–water partition coefficient (Wildman–Crippen LogP) is 9.31. The molecule has 0 saturated carbocycles. The number of pyridine rings is 2. The molecule has 53 heavy (non-hydrogen) atoms. The molecule has 2 aromatic heterocycles. The van der Waals surface area contributed by atoms with Gasteiger partial charge in [-0.1, -0.05) is 97.1 Å². The van der Waals surface area contributed by atoms with Crippen LogP contribution < -0.4 is 10.6 Å². The van der Waals surface area contributed by atoms with E-state index in [1.807, 2.05) is 97.1 Å². The van der Waals surface area contributed by atoms with Crippen LogP contribution in [0.3, 0.4) is 0 Å². The first-order valence-corrected chi connectivity index (χ1v) is 16.9. The molecule has 0 aliphatic heterocycles. The Morgan fingerprint density at radius 1 is 0.491 bits per heavy atom. The molecule has 0 atom stereocenters. The van der Waals surface area contributed by atoms with Gasteiger partial charge in [-0.15, -0.1) is 0 Å². The topological polar surface area (TPSA) is 156 Å². The van der Waals surface area contributed by atoms with E-state index >= 15 is 0 Å². The van der Waals surface area contributed by atoms with Crippen molar-refractivity contribution in [2.24, 2.45) is 0 Å². The Labute approximate surface area is 305 Å². The number of carbonyl (C=O) groups is 2. The summed E-state index contributed by atoms with van der Waals surface area (Å²) in [6.45, 7) is 4.13. The fraction of sp³-hybridized carbons (Fsp3) is 0.0909. The van der Waals surface area contributed by atoms with Crippen LogP contribution in [-0.2, 0) is 22.4 Å². The van der Waals surface area contributed by atoms with Crippen molar-refractivity contribution in [3.8, 4) is 0 Å². The van der Waals surface area contributed by atoms with Gasteiger partial charge in [-0.2, -0.15) is 0 Å². The molecular weight excluding hydrogens is 665 g/mol. The van der Waals surface area contributed by atoms with Crippen LogP contribution in [0, 0.1) is 13.8 Å². The predicted molar refractivity (Wildman–Crippen MR) is 214 cm³/mol. The molecule has 0 aliphatic rings. The van der Waals surface area contributed by atoms with Gasteiger partial charge < -0.3 is 26.3 Å². The Morgan fingerprint density at radius 3 is 1.23 bits per heavy atom. The molecule has 8 aromatic rings. The zero-order valence-corrected chi connectivity index (χ0v) is 29.2. The normalized spacial score (nSPS) is 10.8. The van der Waals surface area contributed by atoms with E-state index in [0.29, 0.717) is 0 Å². The van der Waals surface area contributed by atoms with Crippen molar-refractivity contribution in [3.63, 3.8) is 0 Å². The molecule has 8 rings (SSSR count). The van der Waals surface area contributed by atoms with Crippen LogP contribution in [0.1, 0.15) is 22.3 Å². The molecule has 0 saturated heterocycles. The second-order valence-corrected chi connectivity index (χ2v) is 12.7. The number of carboxylic acids is 2. The van der Waals surface area contributed by atoms with Crippen molar-refractivity contribution >= 4 is 78.3 Å². The first-order valence-electron chi connectivity index (χ1n) is 16.9. The fourth-order valence-electron chi connectivity index (χ4n) is 6.43. The number of carboxylic acid groups (broad SMARTS) is 2. The number of rotatable bonds is 8. The molecule has 0 unspecified atom stereocenters. The summed E-state index contributed by atoms with van der Waals surface area (Å²) in [4.78, 5) is 31.3. The van der Waals surface area contributed by atoms with Gasteiger partial charge in [0, 0.05) is 32.9 Å². The minimum absolute atomic E-state index is 0. The minimum atomic E-state index is -0.827. The number of nitrogens with zero attached hydrogens (tertiary/aromatic N) is 2. The number of anilines is 4. The van der Waals surface area contributed by atoms with Crippen LogP contribution in [0.15, 0.2) is 133 Å². The zero-order chi connectivity index (χ0) is 36.2. The first kappa shape index (κ1) is 36.0.